The third kappa shape index (κ3) is 3.14. The van der Waals surface area contributed by atoms with Crippen molar-refractivity contribution in [2.75, 3.05) is 5.32 Å². The van der Waals surface area contributed by atoms with E-state index >= 15 is 0 Å². The Morgan fingerprint density at radius 2 is 2.29 bits per heavy atom. The van der Waals surface area contributed by atoms with Gasteiger partial charge in [-0.15, -0.1) is 0 Å². The Hall–Kier alpha value is -2.97. The van der Waals surface area contributed by atoms with E-state index in [9.17, 15) is 19.3 Å². The third-order valence-corrected chi connectivity index (χ3v) is 2.61. The molecule has 2 N–H and O–H groups in total. The van der Waals surface area contributed by atoms with E-state index in [1.54, 1.807) is 6.92 Å². The Bertz CT molecular complexity index is 713. The van der Waals surface area contributed by atoms with Crippen LogP contribution in [0.2, 0.25) is 0 Å². The molecule has 1 aromatic carbocycles. The molecule has 21 heavy (non-hydrogen) atoms. The first kappa shape index (κ1) is 14.4. The monoisotopic (exact) mass is 295 g/mol. The lowest BCUT2D eigenvalue weighted by atomic mass is 10.1. The highest BCUT2D eigenvalue weighted by molar-refractivity contribution is 5.93. The van der Waals surface area contributed by atoms with Gasteiger partial charge in [0.2, 0.25) is 5.89 Å². The molecular weight excluding hydrogens is 285 g/mol. The Morgan fingerprint density at radius 3 is 2.81 bits per heavy atom. The molecule has 2 aromatic rings. The summed E-state index contributed by atoms with van der Waals surface area (Å²) in [5, 5.41) is 22.2. The van der Waals surface area contributed by atoms with E-state index in [-0.39, 0.29) is 18.1 Å². The molecule has 0 saturated carbocycles. The number of oxazole rings is 1. The second-order valence-corrected chi connectivity index (χ2v) is 4.13. The van der Waals surface area contributed by atoms with E-state index in [4.69, 9.17) is 9.52 Å². The van der Waals surface area contributed by atoms with Crippen LogP contribution >= 0.6 is 0 Å². The first-order valence-corrected chi connectivity index (χ1v) is 5.75. The molecule has 0 saturated heterocycles. The highest BCUT2D eigenvalue weighted by Crippen LogP contribution is 2.26. The summed E-state index contributed by atoms with van der Waals surface area (Å²) in [7, 11) is 0. The molecule has 0 aliphatic rings. The summed E-state index contributed by atoms with van der Waals surface area (Å²) < 4.78 is 18.9. The molecule has 2 rings (SSSR count). The molecule has 0 bridgehead atoms. The molecule has 0 amide bonds. The maximum Gasteiger partial charge on any atom is 0.342 e. The minimum absolute atomic E-state index is 0.0155. The van der Waals surface area contributed by atoms with Crippen LogP contribution in [0.3, 0.4) is 0 Å². The first-order valence-electron chi connectivity index (χ1n) is 5.75. The Morgan fingerprint density at radius 1 is 1.57 bits per heavy atom. The van der Waals surface area contributed by atoms with E-state index in [0.717, 1.165) is 6.07 Å². The van der Waals surface area contributed by atoms with Gasteiger partial charge in [0.05, 0.1) is 29.4 Å². The van der Waals surface area contributed by atoms with Gasteiger partial charge in [-0.05, 0) is 13.0 Å². The molecule has 0 spiro atoms. The highest BCUT2D eigenvalue weighted by atomic mass is 19.1. The molecule has 0 atom stereocenters. The summed E-state index contributed by atoms with van der Waals surface area (Å²) in [6.07, 6.45) is 1.48. The number of carbonyl (C=O) groups is 1. The van der Waals surface area contributed by atoms with Gasteiger partial charge in [-0.1, -0.05) is 0 Å². The SMILES string of the molecule is Cc1cnc(CNc2cc(C(=O)O)c([N+](=O)[O-])cc2F)o1. The summed E-state index contributed by atoms with van der Waals surface area (Å²) in [4.78, 5) is 24.6. The Kier molecular flexibility index (Phi) is 3.83. The first-order chi connectivity index (χ1) is 9.88. The lowest BCUT2D eigenvalue weighted by molar-refractivity contribution is -0.385. The number of hydrogen-bond acceptors (Lipinski definition) is 6. The molecule has 1 aromatic heterocycles. The van der Waals surface area contributed by atoms with E-state index in [1.165, 1.54) is 6.20 Å². The molecule has 1 heterocycles. The number of hydrogen-bond donors (Lipinski definition) is 2. The maximum atomic E-state index is 13.8. The van der Waals surface area contributed by atoms with Crippen LogP contribution in [0.4, 0.5) is 15.8 Å². The van der Waals surface area contributed by atoms with Crippen LogP contribution in [0.15, 0.2) is 22.7 Å². The van der Waals surface area contributed by atoms with Gasteiger partial charge in [-0.25, -0.2) is 14.2 Å². The van der Waals surface area contributed by atoms with Gasteiger partial charge in [-0.2, -0.15) is 0 Å². The van der Waals surface area contributed by atoms with Crippen molar-refractivity contribution in [2.45, 2.75) is 13.5 Å². The number of carboxylic acid groups (broad SMARTS) is 1. The number of anilines is 1. The van der Waals surface area contributed by atoms with Crippen molar-refractivity contribution in [1.82, 2.24) is 4.98 Å². The van der Waals surface area contributed by atoms with Crippen molar-refractivity contribution in [2.24, 2.45) is 0 Å². The van der Waals surface area contributed by atoms with Gasteiger partial charge in [0, 0.05) is 0 Å². The zero-order valence-corrected chi connectivity index (χ0v) is 10.8. The number of nitro groups is 1. The zero-order valence-electron chi connectivity index (χ0n) is 10.8. The van der Waals surface area contributed by atoms with Gasteiger partial charge in [0.25, 0.3) is 5.69 Å². The second kappa shape index (κ2) is 5.57. The minimum atomic E-state index is -1.52. The van der Waals surface area contributed by atoms with Crippen molar-refractivity contribution in [1.29, 1.82) is 0 Å². The van der Waals surface area contributed by atoms with Crippen LogP contribution in [0, 0.1) is 22.9 Å². The van der Waals surface area contributed by atoms with Crippen molar-refractivity contribution in [3.63, 3.8) is 0 Å². The van der Waals surface area contributed by atoms with E-state index in [2.05, 4.69) is 10.3 Å². The molecule has 110 valence electrons. The summed E-state index contributed by atoms with van der Waals surface area (Å²) >= 11 is 0. The number of aryl methyl sites for hydroxylation is 1. The van der Waals surface area contributed by atoms with Crippen LogP contribution < -0.4 is 5.32 Å². The largest absolute Gasteiger partial charge is 0.477 e. The minimum Gasteiger partial charge on any atom is -0.477 e. The summed E-state index contributed by atoms with van der Waals surface area (Å²) in [6.45, 7) is 1.70. The number of benzene rings is 1. The maximum absolute atomic E-state index is 13.8. The smallest absolute Gasteiger partial charge is 0.342 e. The van der Waals surface area contributed by atoms with Crippen molar-refractivity contribution in [3.05, 3.63) is 51.5 Å². The second-order valence-electron chi connectivity index (χ2n) is 4.13. The van der Waals surface area contributed by atoms with Crippen LogP contribution in [0.5, 0.6) is 0 Å². The molecule has 8 nitrogen and oxygen atoms in total. The summed E-state index contributed by atoms with van der Waals surface area (Å²) in [5.74, 6) is -1.60. The predicted octanol–water partition coefficient (Wildman–Crippen LogP) is 2.34. The predicted molar refractivity (Wildman–Crippen MR) is 68.6 cm³/mol. The summed E-state index contributed by atoms with van der Waals surface area (Å²) in [6, 6.07) is 1.43. The zero-order chi connectivity index (χ0) is 15.6. The van der Waals surface area contributed by atoms with Crippen molar-refractivity contribution < 1.29 is 23.6 Å². The average Bonchev–Trinajstić information content (AvgIpc) is 2.82. The average molecular weight is 295 g/mol. The number of nitrogens with zero attached hydrogens (tertiary/aromatic N) is 2. The molecule has 0 unspecified atom stereocenters. The number of rotatable bonds is 5. The third-order valence-electron chi connectivity index (χ3n) is 2.61. The van der Waals surface area contributed by atoms with Gasteiger partial charge >= 0.3 is 5.97 Å². The topological polar surface area (TPSA) is 119 Å². The molecule has 0 aliphatic heterocycles. The van der Waals surface area contributed by atoms with Gasteiger partial charge in [-0.3, -0.25) is 10.1 Å². The van der Waals surface area contributed by atoms with Crippen molar-refractivity contribution in [3.8, 4) is 0 Å². The lowest BCUT2D eigenvalue weighted by Crippen LogP contribution is -2.07. The van der Waals surface area contributed by atoms with Crippen LogP contribution in [-0.4, -0.2) is 21.0 Å². The van der Waals surface area contributed by atoms with Crippen molar-refractivity contribution >= 4 is 17.3 Å². The Labute approximate surface area is 117 Å². The highest BCUT2D eigenvalue weighted by Gasteiger charge is 2.23. The van der Waals surface area contributed by atoms with Gasteiger partial charge < -0.3 is 14.8 Å². The molecule has 0 fully saturated rings. The number of carboxylic acids is 1. The number of halogens is 1. The standard InChI is InChI=1S/C12H10FN3O5/c1-6-4-15-11(21-6)5-14-9-2-7(12(17)18)10(16(19)20)3-8(9)13/h2-4,14H,5H2,1H3,(H,17,18). The molecule has 0 radical (unpaired) electrons. The fourth-order valence-electron chi connectivity index (χ4n) is 1.67. The number of aromatic carboxylic acids is 1. The number of nitro benzene ring substituents is 1. The quantitative estimate of drug-likeness (QED) is 0.641. The van der Waals surface area contributed by atoms with Gasteiger partial charge in [0.1, 0.15) is 11.3 Å². The summed E-state index contributed by atoms with van der Waals surface area (Å²) in [5.41, 5.74) is -1.60. The van der Waals surface area contributed by atoms with Crippen LogP contribution in [0.1, 0.15) is 22.0 Å². The molecular formula is C12H10FN3O5. The lowest BCUT2D eigenvalue weighted by Gasteiger charge is -2.07. The number of aromatic nitrogens is 1. The van der Waals surface area contributed by atoms with E-state index in [1.807, 2.05) is 0 Å². The van der Waals surface area contributed by atoms with Crippen LogP contribution in [0.25, 0.3) is 0 Å². The Balaban J connectivity index is 2.29. The molecule has 0 aliphatic carbocycles. The fraction of sp³-hybridized carbons (Fsp3) is 0.167. The normalized spacial score (nSPS) is 10.4. The van der Waals surface area contributed by atoms with E-state index < -0.39 is 28.0 Å². The van der Waals surface area contributed by atoms with E-state index in [0.29, 0.717) is 11.8 Å². The molecule has 9 heteroatoms. The van der Waals surface area contributed by atoms with Crippen LogP contribution in [-0.2, 0) is 6.54 Å². The van der Waals surface area contributed by atoms with Gasteiger partial charge in [0.15, 0.2) is 5.82 Å². The number of nitrogens with one attached hydrogen (secondary N) is 1. The fourth-order valence-corrected chi connectivity index (χ4v) is 1.67.